The summed E-state index contributed by atoms with van der Waals surface area (Å²) in [5, 5.41) is 7.54. The fourth-order valence-corrected chi connectivity index (χ4v) is 2.55. The summed E-state index contributed by atoms with van der Waals surface area (Å²) in [6, 6.07) is 2.14. The maximum Gasteiger partial charge on any atom is 0.138 e. The Balaban J connectivity index is 1.82. The molecule has 1 fully saturated rings. The molecule has 14 heavy (non-hydrogen) atoms. The number of hydrogen-bond donors (Lipinski definition) is 1. The summed E-state index contributed by atoms with van der Waals surface area (Å²) >= 11 is 1.73. The smallest absolute Gasteiger partial charge is 0.138 e. The van der Waals surface area contributed by atoms with Gasteiger partial charge in [0.2, 0.25) is 0 Å². The molecule has 2 nitrogen and oxygen atoms in total. The van der Waals surface area contributed by atoms with Gasteiger partial charge in [-0.15, -0.1) is 0 Å². The van der Waals surface area contributed by atoms with Gasteiger partial charge in [0.25, 0.3) is 0 Å². The van der Waals surface area contributed by atoms with E-state index in [1.165, 1.54) is 5.56 Å². The average Bonchev–Trinajstić information content (AvgIpc) is 2.69. The number of aryl methyl sites for hydroxylation is 1. The van der Waals surface area contributed by atoms with Gasteiger partial charge in [-0.1, -0.05) is 0 Å². The summed E-state index contributed by atoms with van der Waals surface area (Å²) < 4.78 is 0. The van der Waals surface area contributed by atoms with Crippen LogP contribution >= 0.6 is 11.3 Å². The number of piperidine rings is 1. The normalized spacial score (nSPS) is 22.6. The lowest BCUT2D eigenvalue weighted by Crippen LogP contribution is -2.37. The lowest BCUT2D eigenvalue weighted by Gasteiger charge is -2.21. The summed E-state index contributed by atoms with van der Waals surface area (Å²) in [6.45, 7) is 1.75. The maximum atomic E-state index is 11.5. The lowest BCUT2D eigenvalue weighted by atomic mass is 9.92. The summed E-state index contributed by atoms with van der Waals surface area (Å²) in [5.74, 6) is 0.697. The minimum Gasteiger partial charge on any atom is -0.316 e. The van der Waals surface area contributed by atoms with Crippen molar-refractivity contribution in [3.8, 4) is 0 Å². The highest BCUT2D eigenvalue weighted by molar-refractivity contribution is 7.07. The van der Waals surface area contributed by atoms with E-state index in [1.807, 2.05) is 0 Å². The highest BCUT2D eigenvalue weighted by Gasteiger charge is 2.21. The standard InChI is InChI=1S/C11H15NOS/c13-11-3-5-12-7-10(11)2-1-9-4-6-14-8-9/h4,6,8,10,12H,1-3,5,7H2. The Morgan fingerprint density at radius 1 is 1.57 bits per heavy atom. The number of ketones is 1. The van der Waals surface area contributed by atoms with Gasteiger partial charge in [-0.25, -0.2) is 0 Å². The zero-order valence-corrected chi connectivity index (χ0v) is 8.98. The number of Topliss-reactive ketones (excluding diaryl/α,β-unsaturated/α-hetero) is 1. The van der Waals surface area contributed by atoms with Crippen molar-refractivity contribution in [2.24, 2.45) is 5.92 Å². The first kappa shape index (κ1) is 9.87. The van der Waals surface area contributed by atoms with Crippen LogP contribution in [-0.2, 0) is 11.2 Å². The van der Waals surface area contributed by atoms with E-state index in [1.54, 1.807) is 11.3 Å². The number of nitrogens with one attached hydrogen (secondary N) is 1. The van der Waals surface area contributed by atoms with Gasteiger partial charge in [-0.3, -0.25) is 4.79 Å². The number of hydrogen-bond acceptors (Lipinski definition) is 3. The van der Waals surface area contributed by atoms with Gasteiger partial charge < -0.3 is 5.32 Å². The van der Waals surface area contributed by atoms with Gasteiger partial charge >= 0.3 is 0 Å². The van der Waals surface area contributed by atoms with Crippen LogP contribution in [0.3, 0.4) is 0 Å². The Morgan fingerprint density at radius 2 is 2.50 bits per heavy atom. The fraction of sp³-hybridized carbons (Fsp3) is 0.545. The van der Waals surface area contributed by atoms with Gasteiger partial charge in [0.05, 0.1) is 0 Å². The molecule has 0 bridgehead atoms. The molecule has 0 saturated carbocycles. The van der Waals surface area contributed by atoms with E-state index in [0.717, 1.165) is 25.9 Å². The molecule has 0 aliphatic carbocycles. The molecular weight excluding hydrogens is 194 g/mol. The molecule has 1 N–H and O–H groups in total. The molecule has 0 spiro atoms. The van der Waals surface area contributed by atoms with Gasteiger partial charge in [0.1, 0.15) is 5.78 Å². The number of rotatable bonds is 3. The zero-order chi connectivity index (χ0) is 9.80. The van der Waals surface area contributed by atoms with E-state index in [4.69, 9.17) is 0 Å². The van der Waals surface area contributed by atoms with Crippen molar-refractivity contribution in [2.75, 3.05) is 13.1 Å². The van der Waals surface area contributed by atoms with Crippen molar-refractivity contribution < 1.29 is 4.79 Å². The van der Waals surface area contributed by atoms with Gasteiger partial charge in [0, 0.05) is 25.4 Å². The molecule has 0 amide bonds. The van der Waals surface area contributed by atoms with E-state index < -0.39 is 0 Å². The molecule has 76 valence electrons. The topological polar surface area (TPSA) is 29.1 Å². The van der Waals surface area contributed by atoms with Crippen LogP contribution in [-0.4, -0.2) is 18.9 Å². The Morgan fingerprint density at radius 3 is 3.21 bits per heavy atom. The number of carbonyl (C=O) groups excluding carboxylic acids is 1. The minimum atomic E-state index is 0.253. The van der Waals surface area contributed by atoms with E-state index in [2.05, 4.69) is 22.1 Å². The molecule has 1 atom stereocenters. The van der Waals surface area contributed by atoms with Crippen molar-refractivity contribution in [2.45, 2.75) is 19.3 Å². The second-order valence-electron chi connectivity index (χ2n) is 3.79. The quantitative estimate of drug-likeness (QED) is 0.823. The first-order valence-electron chi connectivity index (χ1n) is 5.11. The van der Waals surface area contributed by atoms with E-state index in [-0.39, 0.29) is 5.92 Å². The van der Waals surface area contributed by atoms with Crippen molar-refractivity contribution in [1.29, 1.82) is 0 Å². The molecule has 3 heteroatoms. The molecule has 2 heterocycles. The van der Waals surface area contributed by atoms with Gasteiger partial charge in [-0.05, 0) is 35.2 Å². The molecule has 2 rings (SSSR count). The van der Waals surface area contributed by atoms with Crippen LogP contribution in [0, 0.1) is 5.92 Å². The molecular formula is C11H15NOS. The largest absolute Gasteiger partial charge is 0.316 e. The summed E-state index contributed by atoms with van der Waals surface area (Å²) in [7, 11) is 0. The highest BCUT2D eigenvalue weighted by Crippen LogP contribution is 2.15. The molecule has 1 aromatic rings. The highest BCUT2D eigenvalue weighted by atomic mass is 32.1. The fourth-order valence-electron chi connectivity index (χ4n) is 1.84. The van der Waals surface area contributed by atoms with Crippen LogP contribution in [0.25, 0.3) is 0 Å². The third kappa shape index (κ3) is 2.42. The third-order valence-corrected chi connectivity index (χ3v) is 3.49. The maximum absolute atomic E-state index is 11.5. The lowest BCUT2D eigenvalue weighted by molar-refractivity contribution is -0.124. The predicted molar refractivity (Wildman–Crippen MR) is 58.6 cm³/mol. The van der Waals surface area contributed by atoms with E-state index in [9.17, 15) is 4.79 Å². The van der Waals surface area contributed by atoms with Crippen LogP contribution in [0.4, 0.5) is 0 Å². The Hall–Kier alpha value is -0.670. The molecule has 1 saturated heterocycles. The number of thiophene rings is 1. The van der Waals surface area contributed by atoms with Crippen LogP contribution in [0.5, 0.6) is 0 Å². The monoisotopic (exact) mass is 209 g/mol. The van der Waals surface area contributed by atoms with Crippen molar-refractivity contribution in [3.05, 3.63) is 22.4 Å². The van der Waals surface area contributed by atoms with Crippen LogP contribution < -0.4 is 5.32 Å². The van der Waals surface area contributed by atoms with E-state index >= 15 is 0 Å². The Labute approximate surface area is 88.3 Å². The van der Waals surface area contributed by atoms with Gasteiger partial charge in [-0.2, -0.15) is 11.3 Å². The zero-order valence-electron chi connectivity index (χ0n) is 8.16. The van der Waals surface area contributed by atoms with Crippen molar-refractivity contribution in [1.82, 2.24) is 5.32 Å². The first-order chi connectivity index (χ1) is 6.86. The summed E-state index contributed by atoms with van der Waals surface area (Å²) in [4.78, 5) is 11.5. The molecule has 1 aliphatic heterocycles. The predicted octanol–water partition coefficient (Wildman–Crippen LogP) is 1.86. The molecule has 0 aromatic carbocycles. The summed E-state index contributed by atoms with van der Waals surface area (Å²) in [6.07, 6.45) is 2.76. The molecule has 1 aromatic heterocycles. The third-order valence-electron chi connectivity index (χ3n) is 2.76. The minimum absolute atomic E-state index is 0.253. The second kappa shape index (κ2) is 4.71. The Kier molecular flexibility index (Phi) is 3.32. The Bertz CT molecular complexity index is 294. The van der Waals surface area contributed by atoms with Gasteiger partial charge in [0.15, 0.2) is 0 Å². The molecule has 1 aliphatic rings. The van der Waals surface area contributed by atoms with Crippen LogP contribution in [0.15, 0.2) is 16.8 Å². The van der Waals surface area contributed by atoms with E-state index in [0.29, 0.717) is 12.2 Å². The molecule has 1 unspecified atom stereocenters. The first-order valence-corrected chi connectivity index (χ1v) is 6.05. The average molecular weight is 209 g/mol. The number of carbonyl (C=O) groups is 1. The van der Waals surface area contributed by atoms with Crippen molar-refractivity contribution in [3.63, 3.8) is 0 Å². The summed E-state index contributed by atoms with van der Waals surface area (Å²) in [5.41, 5.74) is 1.37. The van der Waals surface area contributed by atoms with Crippen molar-refractivity contribution >= 4 is 17.1 Å². The molecule has 0 radical (unpaired) electrons. The second-order valence-corrected chi connectivity index (χ2v) is 4.57. The van der Waals surface area contributed by atoms with Crippen LogP contribution in [0.2, 0.25) is 0 Å². The SMILES string of the molecule is O=C1CCNCC1CCc1ccsc1. The van der Waals surface area contributed by atoms with Crippen LogP contribution in [0.1, 0.15) is 18.4 Å².